The van der Waals surface area contributed by atoms with Crippen molar-refractivity contribution in [1.29, 1.82) is 0 Å². The SMILES string of the molecule is N[C@@H](CO)c1ccc(-c2cc(Cl)cc(Cl)c2)cc1. The zero-order chi connectivity index (χ0) is 13.1. The van der Waals surface area contributed by atoms with Crippen molar-refractivity contribution in [3.63, 3.8) is 0 Å². The van der Waals surface area contributed by atoms with Gasteiger partial charge in [0.15, 0.2) is 0 Å². The number of rotatable bonds is 3. The lowest BCUT2D eigenvalue weighted by molar-refractivity contribution is 0.268. The minimum Gasteiger partial charge on any atom is -0.394 e. The second-order valence-corrected chi connectivity index (χ2v) is 4.94. The van der Waals surface area contributed by atoms with Crippen LogP contribution in [0.4, 0.5) is 0 Å². The largest absolute Gasteiger partial charge is 0.394 e. The summed E-state index contributed by atoms with van der Waals surface area (Å²) in [5.41, 5.74) is 8.60. The van der Waals surface area contributed by atoms with E-state index in [1.54, 1.807) is 6.07 Å². The number of nitrogens with two attached hydrogens (primary N) is 1. The molecule has 0 amide bonds. The number of hydrogen-bond donors (Lipinski definition) is 2. The van der Waals surface area contributed by atoms with Gasteiger partial charge in [0, 0.05) is 10.0 Å². The fourth-order valence-electron chi connectivity index (χ4n) is 1.75. The van der Waals surface area contributed by atoms with Gasteiger partial charge in [0.2, 0.25) is 0 Å². The van der Waals surface area contributed by atoms with Gasteiger partial charge in [-0.1, -0.05) is 47.5 Å². The summed E-state index contributed by atoms with van der Waals surface area (Å²) in [6.07, 6.45) is 0. The molecule has 0 heterocycles. The van der Waals surface area contributed by atoms with E-state index in [-0.39, 0.29) is 12.6 Å². The molecule has 2 aromatic carbocycles. The highest BCUT2D eigenvalue weighted by Gasteiger charge is 2.05. The summed E-state index contributed by atoms with van der Waals surface area (Å²) in [5, 5.41) is 10.2. The molecule has 0 aliphatic carbocycles. The second kappa shape index (κ2) is 5.72. The maximum Gasteiger partial charge on any atom is 0.0624 e. The Morgan fingerprint density at radius 3 is 2.00 bits per heavy atom. The third kappa shape index (κ3) is 3.03. The van der Waals surface area contributed by atoms with Gasteiger partial charge in [0.25, 0.3) is 0 Å². The summed E-state index contributed by atoms with van der Waals surface area (Å²) in [4.78, 5) is 0. The molecule has 0 saturated heterocycles. The number of aliphatic hydroxyl groups is 1. The van der Waals surface area contributed by atoms with Crippen LogP contribution in [-0.4, -0.2) is 11.7 Å². The molecule has 0 aromatic heterocycles. The lowest BCUT2D eigenvalue weighted by atomic mass is 10.0. The maximum absolute atomic E-state index is 8.99. The summed E-state index contributed by atoms with van der Waals surface area (Å²) in [6.45, 7) is -0.0671. The lowest BCUT2D eigenvalue weighted by Gasteiger charge is -2.10. The Hall–Kier alpha value is -1.06. The Bertz CT molecular complexity index is 520. The molecule has 0 unspecified atom stereocenters. The molecule has 2 nitrogen and oxygen atoms in total. The first-order chi connectivity index (χ1) is 8.60. The predicted molar refractivity (Wildman–Crippen MR) is 75.9 cm³/mol. The Kier molecular flexibility index (Phi) is 4.25. The van der Waals surface area contributed by atoms with Crippen molar-refractivity contribution in [2.45, 2.75) is 6.04 Å². The number of aliphatic hydroxyl groups excluding tert-OH is 1. The molecule has 18 heavy (non-hydrogen) atoms. The molecule has 0 bridgehead atoms. The van der Waals surface area contributed by atoms with Crippen LogP contribution in [0.3, 0.4) is 0 Å². The molecule has 0 fully saturated rings. The van der Waals surface area contributed by atoms with Crippen LogP contribution in [0.1, 0.15) is 11.6 Å². The Morgan fingerprint density at radius 1 is 0.944 bits per heavy atom. The van der Waals surface area contributed by atoms with Crippen molar-refractivity contribution >= 4 is 23.2 Å². The molecule has 0 spiro atoms. The maximum atomic E-state index is 8.99. The van der Waals surface area contributed by atoms with Crippen molar-refractivity contribution in [1.82, 2.24) is 0 Å². The molecular weight excluding hydrogens is 269 g/mol. The first-order valence-electron chi connectivity index (χ1n) is 5.53. The van der Waals surface area contributed by atoms with Crippen LogP contribution >= 0.6 is 23.2 Å². The summed E-state index contributed by atoms with van der Waals surface area (Å²) < 4.78 is 0. The fourth-order valence-corrected chi connectivity index (χ4v) is 2.27. The van der Waals surface area contributed by atoms with Gasteiger partial charge in [0.1, 0.15) is 0 Å². The monoisotopic (exact) mass is 281 g/mol. The highest BCUT2D eigenvalue weighted by Crippen LogP contribution is 2.27. The van der Waals surface area contributed by atoms with Gasteiger partial charge in [0.05, 0.1) is 12.6 Å². The van der Waals surface area contributed by atoms with Gasteiger partial charge in [-0.3, -0.25) is 0 Å². The second-order valence-electron chi connectivity index (χ2n) is 4.07. The molecule has 0 radical (unpaired) electrons. The van der Waals surface area contributed by atoms with Gasteiger partial charge in [-0.2, -0.15) is 0 Å². The third-order valence-electron chi connectivity index (χ3n) is 2.73. The van der Waals surface area contributed by atoms with Crippen molar-refractivity contribution in [3.8, 4) is 11.1 Å². The van der Waals surface area contributed by atoms with Crippen molar-refractivity contribution in [3.05, 3.63) is 58.1 Å². The molecule has 3 N–H and O–H groups in total. The Balaban J connectivity index is 2.34. The molecule has 1 atom stereocenters. The summed E-state index contributed by atoms with van der Waals surface area (Å²) in [5.74, 6) is 0. The molecule has 0 aliphatic heterocycles. The normalized spacial score (nSPS) is 12.4. The highest BCUT2D eigenvalue weighted by molar-refractivity contribution is 6.35. The lowest BCUT2D eigenvalue weighted by Crippen LogP contribution is -2.14. The number of benzene rings is 2. The Morgan fingerprint density at radius 2 is 1.50 bits per heavy atom. The number of halogens is 2. The van der Waals surface area contributed by atoms with Gasteiger partial charge in [-0.05, 0) is 34.9 Å². The molecule has 0 aliphatic rings. The van der Waals surface area contributed by atoms with Gasteiger partial charge >= 0.3 is 0 Å². The van der Waals surface area contributed by atoms with Crippen LogP contribution in [-0.2, 0) is 0 Å². The van der Waals surface area contributed by atoms with Crippen LogP contribution in [0.2, 0.25) is 10.0 Å². The van der Waals surface area contributed by atoms with Crippen LogP contribution < -0.4 is 5.73 Å². The summed E-state index contributed by atoms with van der Waals surface area (Å²) in [6, 6.07) is 12.7. The topological polar surface area (TPSA) is 46.2 Å². The Labute approximate surface area is 116 Å². The zero-order valence-corrected chi connectivity index (χ0v) is 11.1. The molecule has 4 heteroatoms. The molecule has 2 aromatic rings. The minimum atomic E-state index is -0.345. The molecule has 2 rings (SSSR count). The third-order valence-corrected chi connectivity index (χ3v) is 3.17. The molecule has 94 valence electrons. The van der Waals surface area contributed by atoms with E-state index >= 15 is 0 Å². The van der Waals surface area contributed by atoms with Crippen molar-refractivity contribution in [2.24, 2.45) is 5.73 Å². The van der Waals surface area contributed by atoms with E-state index in [1.807, 2.05) is 36.4 Å². The van der Waals surface area contributed by atoms with E-state index in [0.717, 1.165) is 16.7 Å². The van der Waals surface area contributed by atoms with Gasteiger partial charge < -0.3 is 10.8 Å². The van der Waals surface area contributed by atoms with E-state index in [1.165, 1.54) is 0 Å². The van der Waals surface area contributed by atoms with E-state index < -0.39 is 0 Å². The van der Waals surface area contributed by atoms with E-state index in [0.29, 0.717) is 10.0 Å². The van der Waals surface area contributed by atoms with Crippen LogP contribution in [0.25, 0.3) is 11.1 Å². The quantitative estimate of drug-likeness (QED) is 0.902. The highest BCUT2D eigenvalue weighted by atomic mass is 35.5. The van der Waals surface area contributed by atoms with E-state index in [2.05, 4.69) is 0 Å². The molecule has 0 saturated carbocycles. The smallest absolute Gasteiger partial charge is 0.0624 e. The number of hydrogen-bond acceptors (Lipinski definition) is 2. The average molecular weight is 282 g/mol. The zero-order valence-electron chi connectivity index (χ0n) is 9.61. The van der Waals surface area contributed by atoms with Crippen LogP contribution in [0.5, 0.6) is 0 Å². The summed E-state index contributed by atoms with van der Waals surface area (Å²) in [7, 11) is 0. The van der Waals surface area contributed by atoms with E-state index in [4.69, 9.17) is 34.0 Å². The average Bonchev–Trinajstić information content (AvgIpc) is 2.37. The predicted octanol–water partition coefficient (Wildman–Crippen LogP) is 3.65. The van der Waals surface area contributed by atoms with Crippen LogP contribution in [0, 0.1) is 0 Å². The van der Waals surface area contributed by atoms with Gasteiger partial charge in [-0.15, -0.1) is 0 Å². The van der Waals surface area contributed by atoms with Crippen LogP contribution in [0.15, 0.2) is 42.5 Å². The fraction of sp³-hybridized carbons (Fsp3) is 0.143. The molecular formula is C14H13Cl2NO. The van der Waals surface area contributed by atoms with Crippen molar-refractivity contribution < 1.29 is 5.11 Å². The van der Waals surface area contributed by atoms with E-state index in [9.17, 15) is 0 Å². The summed E-state index contributed by atoms with van der Waals surface area (Å²) >= 11 is 11.9. The minimum absolute atomic E-state index is 0.0671. The first kappa shape index (κ1) is 13.4. The van der Waals surface area contributed by atoms with Crippen molar-refractivity contribution in [2.75, 3.05) is 6.61 Å². The first-order valence-corrected chi connectivity index (χ1v) is 6.28. The standard InChI is InChI=1S/C14H13Cl2NO/c15-12-5-11(6-13(16)7-12)9-1-3-10(4-2-9)14(17)8-18/h1-7,14,18H,8,17H2/t14-/m0/s1. The van der Waals surface area contributed by atoms with Gasteiger partial charge in [-0.25, -0.2) is 0 Å².